The molecular weight excluding hydrogens is 182 g/mol. The highest BCUT2D eigenvalue weighted by molar-refractivity contribution is 6.34. The zero-order chi connectivity index (χ0) is 9.14. The van der Waals surface area contributed by atoms with Crippen molar-refractivity contribution >= 4 is 18.9 Å². The van der Waals surface area contributed by atoms with E-state index in [0.29, 0.717) is 5.02 Å². The molecule has 0 saturated heterocycles. The van der Waals surface area contributed by atoms with Gasteiger partial charge in [-0.25, -0.2) is 0 Å². The minimum Gasteiger partial charge on any atom is -0.509 e. The first-order valence-corrected chi connectivity index (χ1v) is 3.48. The predicted molar refractivity (Wildman–Crippen MR) is 43.9 cm³/mol. The van der Waals surface area contributed by atoms with Crippen LogP contribution in [0.1, 0.15) is 0 Å². The fourth-order valence-electron chi connectivity index (χ4n) is 0.704. The minimum atomic E-state index is -1.95. The third kappa shape index (κ3) is 2.30. The molecule has 3 N–H and O–H groups in total. The lowest BCUT2D eigenvalue weighted by atomic mass is 10.2. The molecule has 64 valence electrons. The van der Waals surface area contributed by atoms with Crippen molar-refractivity contribution in [2.45, 2.75) is 0 Å². The lowest BCUT2D eigenvalue weighted by molar-refractivity contribution is 0.281. The lowest BCUT2D eigenvalue weighted by Crippen LogP contribution is -2.20. The molecule has 0 aliphatic rings. The molecule has 12 heavy (non-hydrogen) atoms. The molecular formula is C6H6BClO4. The number of rotatable bonds is 2. The molecule has 1 aromatic rings. The van der Waals surface area contributed by atoms with E-state index in [2.05, 4.69) is 4.65 Å². The van der Waals surface area contributed by atoms with Gasteiger partial charge in [0.25, 0.3) is 0 Å². The van der Waals surface area contributed by atoms with Gasteiger partial charge in [0.2, 0.25) is 0 Å². The van der Waals surface area contributed by atoms with Crippen LogP contribution in [0.2, 0.25) is 5.02 Å². The Morgan fingerprint density at radius 3 is 2.50 bits per heavy atom. The topological polar surface area (TPSA) is 69.9 Å². The van der Waals surface area contributed by atoms with Gasteiger partial charge in [0.1, 0.15) is 5.75 Å². The van der Waals surface area contributed by atoms with E-state index in [-0.39, 0.29) is 11.5 Å². The summed E-state index contributed by atoms with van der Waals surface area (Å²) in [6.45, 7) is 0. The number of hydrogen-bond acceptors (Lipinski definition) is 4. The third-order valence-corrected chi connectivity index (χ3v) is 1.39. The first-order chi connectivity index (χ1) is 5.59. The van der Waals surface area contributed by atoms with E-state index in [9.17, 15) is 0 Å². The maximum absolute atomic E-state index is 9.11. The molecule has 0 amide bonds. The van der Waals surface area contributed by atoms with Gasteiger partial charge in [0.15, 0.2) is 5.75 Å². The molecule has 0 heterocycles. The van der Waals surface area contributed by atoms with Crippen molar-refractivity contribution in [1.29, 1.82) is 0 Å². The monoisotopic (exact) mass is 188 g/mol. The van der Waals surface area contributed by atoms with Gasteiger partial charge in [-0.2, -0.15) is 0 Å². The van der Waals surface area contributed by atoms with Crippen LogP contribution in [0.5, 0.6) is 11.5 Å². The Bertz CT molecular complexity index is 278. The summed E-state index contributed by atoms with van der Waals surface area (Å²) in [7, 11) is -1.95. The highest BCUT2D eigenvalue weighted by Crippen LogP contribution is 2.28. The average molecular weight is 188 g/mol. The number of halogens is 1. The Balaban J connectivity index is 2.86. The van der Waals surface area contributed by atoms with Crippen molar-refractivity contribution in [2.24, 2.45) is 0 Å². The summed E-state index contributed by atoms with van der Waals surface area (Å²) in [5, 5.41) is 26.2. The molecule has 0 atom stereocenters. The van der Waals surface area contributed by atoms with E-state index in [0.717, 1.165) is 0 Å². The molecule has 0 aromatic heterocycles. The van der Waals surface area contributed by atoms with Crippen molar-refractivity contribution in [3.05, 3.63) is 23.2 Å². The maximum atomic E-state index is 9.11. The fraction of sp³-hybridized carbons (Fsp3) is 0. The van der Waals surface area contributed by atoms with E-state index in [4.69, 9.17) is 26.8 Å². The summed E-state index contributed by atoms with van der Waals surface area (Å²) in [4.78, 5) is 0. The largest absolute Gasteiger partial charge is 0.707 e. The fourth-order valence-corrected chi connectivity index (χ4v) is 0.870. The molecule has 1 aromatic carbocycles. The summed E-state index contributed by atoms with van der Waals surface area (Å²) in [5.74, 6) is -0.273. The van der Waals surface area contributed by atoms with E-state index in [1.165, 1.54) is 18.2 Å². The Morgan fingerprint density at radius 2 is 2.00 bits per heavy atom. The quantitative estimate of drug-likeness (QED) is 0.587. The molecule has 0 unspecified atom stereocenters. The SMILES string of the molecule is OB(O)Oc1ccc(Cl)cc1O. The van der Waals surface area contributed by atoms with Gasteiger partial charge >= 0.3 is 7.32 Å². The van der Waals surface area contributed by atoms with Crippen molar-refractivity contribution < 1.29 is 19.8 Å². The van der Waals surface area contributed by atoms with Crippen LogP contribution in [-0.4, -0.2) is 22.5 Å². The summed E-state index contributed by atoms with van der Waals surface area (Å²) >= 11 is 5.51. The Morgan fingerprint density at radius 1 is 1.33 bits per heavy atom. The van der Waals surface area contributed by atoms with Gasteiger partial charge in [-0.15, -0.1) is 0 Å². The van der Waals surface area contributed by atoms with Crippen molar-refractivity contribution in [1.82, 2.24) is 0 Å². The van der Waals surface area contributed by atoms with E-state index < -0.39 is 7.32 Å². The molecule has 6 heteroatoms. The van der Waals surface area contributed by atoms with Crippen molar-refractivity contribution in [2.75, 3.05) is 0 Å². The molecule has 4 nitrogen and oxygen atoms in total. The summed E-state index contributed by atoms with van der Waals surface area (Å²) < 4.78 is 4.40. The molecule has 0 saturated carbocycles. The number of hydrogen-bond donors (Lipinski definition) is 3. The molecule has 0 aliphatic heterocycles. The van der Waals surface area contributed by atoms with Crippen LogP contribution in [0, 0.1) is 0 Å². The normalized spacial score (nSPS) is 9.58. The first-order valence-electron chi connectivity index (χ1n) is 3.11. The second kappa shape index (κ2) is 3.66. The summed E-state index contributed by atoms with van der Waals surface area (Å²) in [5.41, 5.74) is 0. The van der Waals surface area contributed by atoms with Crippen LogP contribution in [0.4, 0.5) is 0 Å². The predicted octanol–water partition coefficient (Wildman–Crippen LogP) is 0.394. The van der Waals surface area contributed by atoms with Gasteiger partial charge in [-0.1, -0.05) is 11.6 Å². The Labute approximate surface area is 74.2 Å². The van der Waals surface area contributed by atoms with Gasteiger partial charge in [0, 0.05) is 11.1 Å². The van der Waals surface area contributed by atoms with Crippen LogP contribution in [0.15, 0.2) is 18.2 Å². The number of phenols is 1. The van der Waals surface area contributed by atoms with Gasteiger partial charge < -0.3 is 19.8 Å². The Hall–Kier alpha value is -0.905. The van der Waals surface area contributed by atoms with Gasteiger partial charge in [-0.3, -0.25) is 0 Å². The molecule has 0 fully saturated rings. The van der Waals surface area contributed by atoms with Crippen LogP contribution < -0.4 is 4.65 Å². The van der Waals surface area contributed by atoms with Crippen molar-refractivity contribution in [3.8, 4) is 11.5 Å². The third-order valence-electron chi connectivity index (χ3n) is 1.15. The maximum Gasteiger partial charge on any atom is 0.707 e. The first kappa shape index (κ1) is 9.19. The van der Waals surface area contributed by atoms with E-state index >= 15 is 0 Å². The van der Waals surface area contributed by atoms with Crippen LogP contribution in [-0.2, 0) is 0 Å². The zero-order valence-electron chi connectivity index (χ0n) is 5.94. The van der Waals surface area contributed by atoms with Crippen molar-refractivity contribution in [3.63, 3.8) is 0 Å². The second-order valence-electron chi connectivity index (χ2n) is 2.06. The summed E-state index contributed by atoms with van der Waals surface area (Å²) in [6.07, 6.45) is 0. The molecule has 0 radical (unpaired) electrons. The molecule has 0 bridgehead atoms. The second-order valence-corrected chi connectivity index (χ2v) is 2.49. The molecule has 0 spiro atoms. The van der Waals surface area contributed by atoms with Gasteiger partial charge in [0.05, 0.1) is 0 Å². The van der Waals surface area contributed by atoms with Gasteiger partial charge in [-0.05, 0) is 12.1 Å². The smallest absolute Gasteiger partial charge is 0.509 e. The van der Waals surface area contributed by atoms with Crippen LogP contribution in [0.3, 0.4) is 0 Å². The number of phenolic OH excluding ortho intramolecular Hbond substituents is 1. The lowest BCUT2D eigenvalue weighted by Gasteiger charge is -2.05. The zero-order valence-corrected chi connectivity index (χ0v) is 6.69. The standard InChI is InChI=1S/C6H6BClO4/c8-4-1-2-6(5(9)3-4)12-7(10)11/h1-3,9-11H. The molecule has 1 rings (SSSR count). The van der Waals surface area contributed by atoms with Crippen LogP contribution in [0.25, 0.3) is 0 Å². The van der Waals surface area contributed by atoms with E-state index in [1.807, 2.05) is 0 Å². The highest BCUT2D eigenvalue weighted by atomic mass is 35.5. The van der Waals surface area contributed by atoms with Crippen LogP contribution >= 0.6 is 11.6 Å². The van der Waals surface area contributed by atoms with E-state index in [1.54, 1.807) is 0 Å². The molecule has 0 aliphatic carbocycles. The Kier molecular flexibility index (Phi) is 2.81. The highest BCUT2D eigenvalue weighted by Gasteiger charge is 2.13. The number of benzene rings is 1. The average Bonchev–Trinajstić information content (AvgIpc) is 1.94. The number of aromatic hydroxyl groups is 1. The minimum absolute atomic E-state index is 0.0330. The summed E-state index contributed by atoms with van der Waals surface area (Å²) in [6, 6.07) is 4.02.